The third-order valence-electron chi connectivity index (χ3n) is 3.28. The molecule has 1 fully saturated rings. The Morgan fingerprint density at radius 2 is 2.25 bits per heavy atom. The Balaban J connectivity index is 1.87. The molecule has 0 aromatic carbocycles. The Kier molecular flexibility index (Phi) is 4.05. The molecule has 0 saturated heterocycles. The predicted octanol–water partition coefficient (Wildman–Crippen LogP) is 3.01. The van der Waals surface area contributed by atoms with Crippen molar-refractivity contribution in [1.82, 2.24) is 5.32 Å². The highest BCUT2D eigenvalue weighted by molar-refractivity contribution is 5.12. The smallest absolute Gasteiger partial charge is 0.117 e. The van der Waals surface area contributed by atoms with E-state index in [1.54, 1.807) is 0 Å². The van der Waals surface area contributed by atoms with Crippen LogP contribution in [0, 0.1) is 5.92 Å². The van der Waals surface area contributed by atoms with E-state index in [9.17, 15) is 0 Å². The van der Waals surface area contributed by atoms with Crippen molar-refractivity contribution in [2.75, 3.05) is 6.54 Å². The average Bonchev–Trinajstić information content (AvgIpc) is 3.09. The number of allylic oxidation sites excluding steroid dienone is 1. The monoisotopic (exact) mass is 221 g/mol. The quantitative estimate of drug-likeness (QED) is 0.721. The zero-order valence-corrected chi connectivity index (χ0v) is 10.4. The lowest BCUT2D eigenvalue weighted by Crippen LogP contribution is -2.23. The fourth-order valence-corrected chi connectivity index (χ4v) is 1.92. The van der Waals surface area contributed by atoms with Crippen LogP contribution >= 0.6 is 0 Å². The molecule has 0 bridgehead atoms. The van der Waals surface area contributed by atoms with Gasteiger partial charge in [-0.05, 0) is 43.8 Å². The number of hydrogen-bond donors (Lipinski definition) is 1. The fraction of sp³-hybridized carbons (Fsp3) is 0.714. The second kappa shape index (κ2) is 5.53. The summed E-state index contributed by atoms with van der Waals surface area (Å²) in [4.78, 5) is 0. The first-order valence-electron chi connectivity index (χ1n) is 6.50. The minimum Gasteiger partial charge on any atom is -0.494 e. The van der Waals surface area contributed by atoms with Gasteiger partial charge in [-0.25, -0.2) is 0 Å². The van der Waals surface area contributed by atoms with E-state index in [-0.39, 0.29) is 0 Å². The van der Waals surface area contributed by atoms with Gasteiger partial charge in [0, 0.05) is 12.6 Å². The van der Waals surface area contributed by atoms with Crippen LogP contribution in [-0.4, -0.2) is 18.7 Å². The van der Waals surface area contributed by atoms with Crippen molar-refractivity contribution >= 4 is 0 Å². The third-order valence-corrected chi connectivity index (χ3v) is 3.28. The van der Waals surface area contributed by atoms with E-state index in [4.69, 9.17) is 4.74 Å². The van der Waals surface area contributed by atoms with Crippen molar-refractivity contribution in [3.63, 3.8) is 0 Å². The van der Waals surface area contributed by atoms with E-state index in [0.717, 1.165) is 25.4 Å². The Morgan fingerprint density at radius 3 is 2.81 bits per heavy atom. The summed E-state index contributed by atoms with van der Waals surface area (Å²) in [6, 6.07) is 0.786. The second-order valence-electron chi connectivity index (χ2n) is 5.18. The largest absolute Gasteiger partial charge is 0.494 e. The van der Waals surface area contributed by atoms with Gasteiger partial charge in [-0.1, -0.05) is 19.4 Å². The summed E-state index contributed by atoms with van der Waals surface area (Å²) in [5, 5.41) is 3.59. The zero-order valence-electron chi connectivity index (χ0n) is 10.4. The SMILES string of the molecule is CC(C)/C(=C\C1CCC=CO1)CNC1CC1. The molecule has 0 spiro atoms. The van der Waals surface area contributed by atoms with Gasteiger partial charge in [0.05, 0.1) is 6.26 Å². The van der Waals surface area contributed by atoms with Crippen LogP contribution in [0.5, 0.6) is 0 Å². The number of nitrogens with one attached hydrogen (secondary N) is 1. The molecular weight excluding hydrogens is 198 g/mol. The van der Waals surface area contributed by atoms with Crippen LogP contribution in [0.4, 0.5) is 0 Å². The van der Waals surface area contributed by atoms with Crippen molar-refractivity contribution in [2.45, 2.75) is 51.7 Å². The first-order valence-corrected chi connectivity index (χ1v) is 6.50. The molecule has 16 heavy (non-hydrogen) atoms. The molecule has 0 aromatic rings. The normalized spacial score (nSPS) is 25.9. The Labute approximate surface area is 98.8 Å². The molecule has 0 aromatic heterocycles. The van der Waals surface area contributed by atoms with Crippen LogP contribution in [0.3, 0.4) is 0 Å². The van der Waals surface area contributed by atoms with E-state index in [0.29, 0.717) is 12.0 Å². The molecular formula is C14H23NO. The maximum absolute atomic E-state index is 5.60. The number of ether oxygens (including phenoxy) is 1. The highest BCUT2D eigenvalue weighted by atomic mass is 16.5. The summed E-state index contributed by atoms with van der Waals surface area (Å²) in [6.45, 7) is 5.56. The van der Waals surface area contributed by atoms with Crippen LogP contribution < -0.4 is 5.32 Å². The molecule has 2 heteroatoms. The summed E-state index contributed by atoms with van der Waals surface area (Å²) >= 11 is 0. The van der Waals surface area contributed by atoms with Crippen molar-refractivity contribution in [3.05, 3.63) is 24.0 Å². The molecule has 1 unspecified atom stereocenters. The molecule has 1 aliphatic carbocycles. The van der Waals surface area contributed by atoms with Gasteiger partial charge in [0.25, 0.3) is 0 Å². The lowest BCUT2D eigenvalue weighted by molar-refractivity contribution is 0.164. The van der Waals surface area contributed by atoms with Crippen LogP contribution in [0.2, 0.25) is 0 Å². The van der Waals surface area contributed by atoms with Gasteiger partial charge in [-0.3, -0.25) is 0 Å². The van der Waals surface area contributed by atoms with E-state index in [1.165, 1.54) is 18.4 Å². The highest BCUT2D eigenvalue weighted by Gasteiger charge is 2.21. The third kappa shape index (κ3) is 3.67. The van der Waals surface area contributed by atoms with Crippen LogP contribution in [-0.2, 0) is 4.74 Å². The van der Waals surface area contributed by atoms with Crippen molar-refractivity contribution < 1.29 is 4.74 Å². The summed E-state index contributed by atoms with van der Waals surface area (Å²) < 4.78 is 5.60. The first-order chi connectivity index (χ1) is 7.75. The zero-order chi connectivity index (χ0) is 11.4. The maximum atomic E-state index is 5.60. The summed E-state index contributed by atoms with van der Waals surface area (Å²) in [6.07, 6.45) is 11.5. The molecule has 1 saturated carbocycles. The average molecular weight is 221 g/mol. The molecule has 2 nitrogen and oxygen atoms in total. The molecule has 1 atom stereocenters. The summed E-state index contributed by atoms with van der Waals surface area (Å²) in [7, 11) is 0. The minimum atomic E-state index is 0.295. The van der Waals surface area contributed by atoms with Gasteiger partial charge in [0.1, 0.15) is 6.10 Å². The molecule has 1 aliphatic heterocycles. The molecule has 1 N–H and O–H groups in total. The van der Waals surface area contributed by atoms with E-state index < -0.39 is 0 Å². The lowest BCUT2D eigenvalue weighted by atomic mass is 9.99. The first kappa shape index (κ1) is 11.7. The molecule has 90 valence electrons. The standard InChI is InChI=1S/C14H23NO/c1-11(2)12(10-15-13-6-7-13)9-14-5-3-4-8-16-14/h4,8-9,11,13-15H,3,5-7,10H2,1-2H3/b12-9-. The number of rotatable bonds is 5. The summed E-state index contributed by atoms with van der Waals surface area (Å²) in [5.41, 5.74) is 1.49. The number of hydrogen-bond acceptors (Lipinski definition) is 2. The van der Waals surface area contributed by atoms with Gasteiger partial charge >= 0.3 is 0 Å². The fourth-order valence-electron chi connectivity index (χ4n) is 1.92. The molecule has 0 radical (unpaired) electrons. The molecule has 0 amide bonds. The topological polar surface area (TPSA) is 21.3 Å². The predicted molar refractivity (Wildman–Crippen MR) is 67.2 cm³/mol. The Bertz CT molecular complexity index is 276. The molecule has 1 heterocycles. The van der Waals surface area contributed by atoms with E-state index >= 15 is 0 Å². The highest BCUT2D eigenvalue weighted by Crippen LogP contribution is 2.21. The van der Waals surface area contributed by atoms with Crippen LogP contribution in [0.25, 0.3) is 0 Å². The lowest BCUT2D eigenvalue weighted by Gasteiger charge is -2.20. The van der Waals surface area contributed by atoms with E-state index in [2.05, 4.69) is 31.3 Å². The molecule has 2 aliphatic rings. The second-order valence-corrected chi connectivity index (χ2v) is 5.18. The van der Waals surface area contributed by atoms with Gasteiger partial charge < -0.3 is 10.1 Å². The maximum Gasteiger partial charge on any atom is 0.117 e. The molecule has 2 rings (SSSR count). The van der Waals surface area contributed by atoms with Gasteiger partial charge in [-0.2, -0.15) is 0 Å². The van der Waals surface area contributed by atoms with Gasteiger partial charge in [0.2, 0.25) is 0 Å². The van der Waals surface area contributed by atoms with Crippen LogP contribution in [0.1, 0.15) is 39.5 Å². The van der Waals surface area contributed by atoms with Crippen LogP contribution in [0.15, 0.2) is 24.0 Å². The van der Waals surface area contributed by atoms with Gasteiger partial charge in [-0.15, -0.1) is 0 Å². The van der Waals surface area contributed by atoms with E-state index in [1.807, 2.05) is 6.26 Å². The Morgan fingerprint density at radius 1 is 1.44 bits per heavy atom. The van der Waals surface area contributed by atoms with Gasteiger partial charge in [0.15, 0.2) is 0 Å². The van der Waals surface area contributed by atoms with Crippen molar-refractivity contribution in [2.24, 2.45) is 5.92 Å². The minimum absolute atomic E-state index is 0.295. The summed E-state index contributed by atoms with van der Waals surface area (Å²) in [5.74, 6) is 0.612. The Hall–Kier alpha value is -0.760. The van der Waals surface area contributed by atoms with Crippen molar-refractivity contribution in [3.8, 4) is 0 Å². The van der Waals surface area contributed by atoms with Crippen molar-refractivity contribution in [1.29, 1.82) is 0 Å².